The lowest BCUT2D eigenvalue weighted by Crippen LogP contribution is -2.75. The van der Waals surface area contributed by atoms with E-state index < -0.39 is 76.4 Å². The number of sulfonamides is 1. The molecule has 2 unspecified atom stereocenters. The van der Waals surface area contributed by atoms with Gasteiger partial charge in [0, 0.05) is 18.2 Å². The van der Waals surface area contributed by atoms with Crippen LogP contribution in [0.4, 0.5) is 5.69 Å². The molecule has 0 saturated carbocycles. The van der Waals surface area contributed by atoms with E-state index in [1.807, 2.05) is 6.92 Å². The number of nitro benzene ring substituents is 1. The average molecular weight is 678 g/mol. The molecule has 0 bridgehead atoms. The van der Waals surface area contributed by atoms with Gasteiger partial charge in [0.15, 0.2) is 14.9 Å². The minimum Gasteiger partial charge on any atom is -0.632 e. The maximum Gasteiger partial charge on any atom is 0.362 e. The molecule has 14 heteroatoms. The quantitative estimate of drug-likeness (QED) is 0.0655. The zero-order valence-corrected chi connectivity index (χ0v) is 29.9. The zero-order chi connectivity index (χ0) is 34.8. The fraction of sp³-hybridized carbons (Fsp3) is 0.562. The van der Waals surface area contributed by atoms with Crippen LogP contribution in [0.25, 0.3) is 0 Å². The number of non-ortho nitro benzene ring substituents is 1. The fourth-order valence-corrected chi connectivity index (χ4v) is 8.89. The lowest BCUT2D eigenvalue weighted by atomic mass is 9.76. The molecule has 0 spiro atoms. The van der Waals surface area contributed by atoms with Gasteiger partial charge in [-0.2, -0.15) is 0 Å². The Morgan fingerprint density at radius 2 is 1.61 bits per heavy atom. The Morgan fingerprint density at radius 1 is 1.04 bits per heavy atom. The summed E-state index contributed by atoms with van der Waals surface area (Å²) in [5, 5.41) is 25.2. The van der Waals surface area contributed by atoms with E-state index in [1.165, 1.54) is 36.4 Å². The van der Waals surface area contributed by atoms with Crippen LogP contribution >= 0.6 is 0 Å². The van der Waals surface area contributed by atoms with E-state index in [0.717, 1.165) is 4.31 Å². The molecule has 2 aromatic rings. The molecule has 0 radical (unpaired) electrons. The van der Waals surface area contributed by atoms with Crippen molar-refractivity contribution in [2.75, 3.05) is 13.1 Å². The van der Waals surface area contributed by atoms with Gasteiger partial charge in [-0.1, -0.05) is 39.0 Å². The SMILES string of the molecule is CC(C(=O)N(C(C)C)S(=O)(=O)c1ccccc1)[C@H]1[C@@H]([C@@H](C)O[Si](C)(C)C(C)(C)C)C[N+]1([O-])CC(=O)OCc1ccc([N+](=O)[O-])cc1. The maximum absolute atomic E-state index is 14.4. The fourth-order valence-electron chi connectivity index (χ4n) is 5.75. The lowest BCUT2D eigenvalue weighted by molar-refractivity contribution is -0.955. The number of nitro groups is 1. The summed E-state index contributed by atoms with van der Waals surface area (Å²) in [6.07, 6.45) is -0.435. The second kappa shape index (κ2) is 13.9. The Labute approximate surface area is 273 Å². The third kappa shape index (κ3) is 8.03. The van der Waals surface area contributed by atoms with Gasteiger partial charge in [-0.3, -0.25) is 14.9 Å². The number of hydrogen-bond donors (Lipinski definition) is 0. The molecule has 3 rings (SSSR count). The molecule has 12 nitrogen and oxygen atoms in total. The Bertz CT molecular complexity index is 1510. The van der Waals surface area contributed by atoms with Crippen LogP contribution in [0.5, 0.6) is 0 Å². The summed E-state index contributed by atoms with van der Waals surface area (Å²) in [4.78, 5) is 37.5. The van der Waals surface area contributed by atoms with Crippen LogP contribution in [-0.2, 0) is 35.4 Å². The second-order valence-electron chi connectivity index (χ2n) is 13.9. The number of carbonyl (C=O) groups is 2. The highest BCUT2D eigenvalue weighted by molar-refractivity contribution is 7.89. The van der Waals surface area contributed by atoms with Crippen LogP contribution in [-0.4, -0.2) is 73.8 Å². The van der Waals surface area contributed by atoms with Crippen molar-refractivity contribution in [3.8, 4) is 0 Å². The molecule has 1 heterocycles. The molecular weight excluding hydrogens is 631 g/mol. The van der Waals surface area contributed by atoms with Crippen molar-refractivity contribution in [1.82, 2.24) is 4.31 Å². The Morgan fingerprint density at radius 3 is 2.11 bits per heavy atom. The van der Waals surface area contributed by atoms with E-state index in [1.54, 1.807) is 39.0 Å². The molecular formula is C32H47N3O9SSi. The topological polar surface area (TPSA) is 156 Å². The van der Waals surface area contributed by atoms with Crippen molar-refractivity contribution < 1.29 is 36.7 Å². The van der Waals surface area contributed by atoms with Crippen LogP contribution in [0, 0.1) is 27.2 Å². The number of quaternary nitrogens is 1. The predicted molar refractivity (Wildman–Crippen MR) is 176 cm³/mol. The van der Waals surface area contributed by atoms with E-state index in [4.69, 9.17) is 9.16 Å². The molecule has 254 valence electrons. The van der Waals surface area contributed by atoms with Gasteiger partial charge in [0.25, 0.3) is 15.7 Å². The molecule has 2 aromatic carbocycles. The highest BCUT2D eigenvalue weighted by atomic mass is 32.2. The highest BCUT2D eigenvalue weighted by Gasteiger charge is 2.58. The zero-order valence-electron chi connectivity index (χ0n) is 28.1. The molecule has 46 heavy (non-hydrogen) atoms. The Balaban J connectivity index is 1.90. The van der Waals surface area contributed by atoms with E-state index in [2.05, 4.69) is 33.9 Å². The predicted octanol–water partition coefficient (Wildman–Crippen LogP) is 5.62. The van der Waals surface area contributed by atoms with Gasteiger partial charge >= 0.3 is 5.97 Å². The number of likely N-dealkylation sites (tertiary alicyclic amines) is 1. The van der Waals surface area contributed by atoms with Crippen LogP contribution in [0.2, 0.25) is 18.1 Å². The first-order chi connectivity index (χ1) is 21.1. The van der Waals surface area contributed by atoms with Crippen LogP contribution in [0.1, 0.15) is 54.0 Å². The molecule has 1 aliphatic rings. The summed E-state index contributed by atoms with van der Waals surface area (Å²) in [5.41, 5.74) is 0.402. The molecule has 0 aromatic heterocycles. The number of carbonyl (C=O) groups excluding carboxylic acids is 2. The van der Waals surface area contributed by atoms with Gasteiger partial charge in [-0.15, -0.1) is 0 Å². The van der Waals surface area contributed by atoms with Crippen LogP contribution in [0.15, 0.2) is 59.5 Å². The van der Waals surface area contributed by atoms with E-state index >= 15 is 0 Å². The van der Waals surface area contributed by atoms with Crippen molar-refractivity contribution in [3.05, 3.63) is 75.5 Å². The first kappa shape index (κ1) is 37.3. The summed E-state index contributed by atoms with van der Waals surface area (Å²) >= 11 is 0. The number of ether oxygens (including phenoxy) is 1. The first-order valence-electron chi connectivity index (χ1n) is 15.4. The van der Waals surface area contributed by atoms with Gasteiger partial charge in [0.05, 0.1) is 34.3 Å². The van der Waals surface area contributed by atoms with E-state index in [9.17, 15) is 33.3 Å². The third-order valence-corrected chi connectivity index (χ3v) is 15.8. The molecule has 1 saturated heterocycles. The monoisotopic (exact) mass is 677 g/mol. The molecule has 1 aliphatic heterocycles. The molecule has 1 amide bonds. The van der Waals surface area contributed by atoms with Gasteiger partial charge < -0.3 is 19.0 Å². The van der Waals surface area contributed by atoms with Crippen molar-refractivity contribution >= 4 is 35.9 Å². The van der Waals surface area contributed by atoms with Crippen molar-refractivity contribution in [1.29, 1.82) is 0 Å². The Kier molecular flexibility index (Phi) is 11.3. The third-order valence-electron chi connectivity index (χ3n) is 9.22. The van der Waals surface area contributed by atoms with Gasteiger partial charge in [0.2, 0.25) is 5.91 Å². The molecule has 0 N–H and O–H groups in total. The molecule has 0 aliphatic carbocycles. The maximum atomic E-state index is 14.4. The average Bonchev–Trinajstić information content (AvgIpc) is 2.94. The van der Waals surface area contributed by atoms with Gasteiger partial charge in [-0.05, 0) is 75.7 Å². The number of hydrogen-bond acceptors (Lipinski definition) is 9. The summed E-state index contributed by atoms with van der Waals surface area (Å²) in [5.74, 6) is -3.04. The number of hydroxylamine groups is 3. The second-order valence-corrected chi connectivity index (χ2v) is 20.5. The van der Waals surface area contributed by atoms with E-state index in [0.29, 0.717) is 5.56 Å². The minimum atomic E-state index is -4.24. The standard InChI is InChI=1S/C32H47N3O9SSi/c1-22(2)33(45(41,42)27-13-11-10-12-14-27)31(37)23(3)30-28(24(4)44-46(8,9)32(5,6)7)19-35(30,40)20-29(36)43-21-25-15-17-26(18-16-25)34(38)39/h10-18,22-24,28,30H,19-21H2,1-9H3/t23?,24-,28-,30+,35?/m1/s1. The largest absolute Gasteiger partial charge is 0.632 e. The van der Waals surface area contributed by atoms with Crippen LogP contribution < -0.4 is 0 Å². The lowest BCUT2D eigenvalue weighted by Gasteiger charge is -2.63. The number of benzene rings is 2. The number of rotatable bonds is 13. The highest BCUT2D eigenvalue weighted by Crippen LogP contribution is 2.45. The van der Waals surface area contributed by atoms with Crippen molar-refractivity contribution in [3.63, 3.8) is 0 Å². The Hall–Kier alpha value is -3.17. The van der Waals surface area contributed by atoms with Gasteiger partial charge in [-0.25, -0.2) is 17.5 Å². The molecule has 5 atom stereocenters. The molecule has 1 fully saturated rings. The van der Waals surface area contributed by atoms with Crippen molar-refractivity contribution in [2.45, 2.75) is 96.3 Å². The summed E-state index contributed by atoms with van der Waals surface area (Å²) < 4.78 is 39.1. The summed E-state index contributed by atoms with van der Waals surface area (Å²) in [6.45, 7) is 16.3. The normalized spacial score (nSPS) is 21.6. The first-order valence-corrected chi connectivity index (χ1v) is 19.7. The smallest absolute Gasteiger partial charge is 0.362 e. The summed E-state index contributed by atoms with van der Waals surface area (Å²) in [6, 6.07) is 11.4. The van der Waals surface area contributed by atoms with Crippen LogP contribution in [0.3, 0.4) is 0 Å². The van der Waals surface area contributed by atoms with Crippen molar-refractivity contribution in [2.24, 2.45) is 11.8 Å². The number of nitrogens with zero attached hydrogens (tertiary/aromatic N) is 3. The summed E-state index contributed by atoms with van der Waals surface area (Å²) in [7, 11) is -6.53. The number of esters is 1. The van der Waals surface area contributed by atoms with E-state index in [-0.39, 0.29) is 28.8 Å². The number of amides is 1. The van der Waals surface area contributed by atoms with Gasteiger partial charge in [0.1, 0.15) is 12.6 Å². The minimum absolute atomic E-state index is 0.0160.